The molecule has 0 saturated carbocycles. The Labute approximate surface area is 152 Å². The van der Waals surface area contributed by atoms with Gasteiger partial charge in [0.2, 0.25) is 0 Å². The van der Waals surface area contributed by atoms with Crippen LogP contribution in [-0.4, -0.2) is 48.8 Å². The van der Waals surface area contributed by atoms with Gasteiger partial charge in [-0.2, -0.15) is 0 Å². The fraction of sp³-hybridized carbons (Fsp3) is 0.421. The summed E-state index contributed by atoms with van der Waals surface area (Å²) in [5, 5.41) is 16.4. The number of aliphatic hydroxyl groups is 2. The number of benzene rings is 1. The highest BCUT2D eigenvalue weighted by Gasteiger charge is 2.33. The summed E-state index contributed by atoms with van der Waals surface area (Å²) in [5.74, 6) is -1.48. The lowest BCUT2D eigenvalue weighted by molar-refractivity contribution is -0.142. The van der Waals surface area contributed by atoms with E-state index in [0.29, 0.717) is 17.5 Å². The monoisotopic (exact) mass is 364 g/mol. The first-order chi connectivity index (χ1) is 12.4. The van der Waals surface area contributed by atoms with Crippen molar-refractivity contribution < 1.29 is 34.1 Å². The molecule has 0 heterocycles. The summed E-state index contributed by atoms with van der Waals surface area (Å²) in [6.07, 6.45) is 2.20. The summed E-state index contributed by atoms with van der Waals surface area (Å²) >= 11 is 0. The normalized spacial score (nSPS) is 19.0. The van der Waals surface area contributed by atoms with Gasteiger partial charge in [0.25, 0.3) is 0 Å². The molecule has 1 aromatic rings. The first-order valence-corrected chi connectivity index (χ1v) is 8.04. The van der Waals surface area contributed by atoms with E-state index in [1.54, 1.807) is 31.2 Å². The topological polar surface area (TPSA) is 110 Å². The number of Topliss-reactive ketones (excluding diaryl/α,β-unsaturated/α-hetero) is 1. The number of hydrogen-bond acceptors (Lipinski definition) is 7. The number of hydrogen-bond donors (Lipinski definition) is 2. The molecule has 0 amide bonds. The van der Waals surface area contributed by atoms with Crippen molar-refractivity contribution in [1.82, 2.24) is 0 Å². The van der Waals surface area contributed by atoms with Crippen molar-refractivity contribution in [2.45, 2.75) is 26.4 Å². The van der Waals surface area contributed by atoms with Crippen LogP contribution in [0.25, 0.3) is 0 Å². The van der Waals surface area contributed by atoms with Gasteiger partial charge >= 0.3 is 11.9 Å². The maximum absolute atomic E-state index is 12.2. The van der Waals surface area contributed by atoms with Crippen molar-refractivity contribution in [2.75, 3.05) is 20.8 Å². The molecular formula is C19H24O7. The number of carbonyl (C=O) groups excluding carboxylic acids is 3. The van der Waals surface area contributed by atoms with Gasteiger partial charge in [-0.1, -0.05) is 25.1 Å². The van der Waals surface area contributed by atoms with Crippen molar-refractivity contribution in [1.29, 1.82) is 0 Å². The molecule has 1 atom stereocenters. The van der Waals surface area contributed by atoms with Gasteiger partial charge in [-0.05, 0) is 24.1 Å². The molecule has 0 aliphatic heterocycles. The predicted octanol–water partition coefficient (Wildman–Crippen LogP) is 1.41. The Morgan fingerprint density at radius 2 is 1.92 bits per heavy atom. The van der Waals surface area contributed by atoms with Crippen LogP contribution in [0, 0.1) is 5.41 Å². The second kappa shape index (κ2) is 9.84. The van der Waals surface area contributed by atoms with E-state index in [-0.39, 0.29) is 31.0 Å². The molecule has 2 rings (SSSR count). The van der Waals surface area contributed by atoms with Gasteiger partial charge in [-0.25, -0.2) is 9.59 Å². The van der Waals surface area contributed by atoms with Crippen molar-refractivity contribution >= 4 is 17.7 Å². The van der Waals surface area contributed by atoms with Crippen molar-refractivity contribution in [2.24, 2.45) is 5.41 Å². The van der Waals surface area contributed by atoms with Crippen LogP contribution < -0.4 is 0 Å². The van der Waals surface area contributed by atoms with E-state index in [9.17, 15) is 19.5 Å². The number of methoxy groups -OCH3 is 1. The molecule has 26 heavy (non-hydrogen) atoms. The number of esters is 2. The number of aliphatic hydroxyl groups excluding tert-OH is 2. The third kappa shape index (κ3) is 5.50. The standard InChI is InChI=1S/C18H20O6.CH4O/c1-18(11-19)7-6-15(20)14(9-18)17(22)24-10-12-4-3-5-13(8-12)16(21)23-2;1-2/h3-5,8-9,19H,6-7,10-11H2,1-2H3;2H,1H3/t18-;/m1./s1. The van der Waals surface area contributed by atoms with E-state index < -0.39 is 17.4 Å². The van der Waals surface area contributed by atoms with Crippen molar-refractivity contribution in [3.05, 3.63) is 47.0 Å². The molecule has 0 bridgehead atoms. The number of rotatable bonds is 5. The molecule has 1 aliphatic rings. The molecule has 7 nitrogen and oxygen atoms in total. The summed E-state index contributed by atoms with van der Waals surface area (Å²) in [5.41, 5.74) is 0.349. The van der Waals surface area contributed by atoms with Crippen molar-refractivity contribution in [3.63, 3.8) is 0 Å². The minimum Gasteiger partial charge on any atom is -0.465 e. The number of ketones is 1. The zero-order valence-electron chi connectivity index (χ0n) is 15.2. The first-order valence-electron chi connectivity index (χ1n) is 8.04. The summed E-state index contributed by atoms with van der Waals surface area (Å²) in [4.78, 5) is 35.6. The van der Waals surface area contributed by atoms with Gasteiger partial charge in [-0.15, -0.1) is 0 Å². The molecule has 2 N–H and O–H groups in total. The molecule has 0 fully saturated rings. The van der Waals surface area contributed by atoms with Crippen LogP contribution >= 0.6 is 0 Å². The largest absolute Gasteiger partial charge is 0.465 e. The summed E-state index contributed by atoms with van der Waals surface area (Å²) in [6.45, 7) is 1.58. The van der Waals surface area contributed by atoms with Crippen molar-refractivity contribution in [3.8, 4) is 0 Å². The van der Waals surface area contributed by atoms with E-state index in [0.717, 1.165) is 7.11 Å². The summed E-state index contributed by atoms with van der Waals surface area (Å²) < 4.78 is 9.82. The summed E-state index contributed by atoms with van der Waals surface area (Å²) in [6, 6.07) is 6.52. The molecule has 7 heteroatoms. The second-order valence-corrected chi connectivity index (χ2v) is 6.06. The van der Waals surface area contributed by atoms with E-state index in [1.807, 2.05) is 0 Å². The van der Waals surface area contributed by atoms with Gasteiger partial charge in [0.1, 0.15) is 6.61 Å². The van der Waals surface area contributed by atoms with Crippen LogP contribution in [-0.2, 0) is 25.7 Å². The average Bonchev–Trinajstić information content (AvgIpc) is 2.69. The minimum absolute atomic E-state index is 0.0260. The molecule has 1 aromatic carbocycles. The highest BCUT2D eigenvalue weighted by molar-refractivity contribution is 6.17. The molecule has 0 unspecified atom stereocenters. The predicted molar refractivity (Wildman–Crippen MR) is 93.2 cm³/mol. The lowest BCUT2D eigenvalue weighted by Gasteiger charge is -2.27. The molecule has 142 valence electrons. The first kappa shape index (κ1) is 21.5. The van der Waals surface area contributed by atoms with Crippen LogP contribution in [0.1, 0.15) is 35.7 Å². The Balaban J connectivity index is 0.00000163. The molecule has 0 spiro atoms. The Morgan fingerprint density at radius 1 is 1.23 bits per heavy atom. The van der Waals surface area contributed by atoms with Crippen LogP contribution in [0.3, 0.4) is 0 Å². The number of carbonyl (C=O) groups is 3. The Hall–Kier alpha value is -2.51. The third-order valence-electron chi connectivity index (χ3n) is 4.02. The van der Waals surface area contributed by atoms with Crippen LogP contribution in [0.4, 0.5) is 0 Å². The molecule has 0 aromatic heterocycles. The van der Waals surface area contributed by atoms with E-state index in [2.05, 4.69) is 4.74 Å². The highest BCUT2D eigenvalue weighted by Crippen LogP contribution is 2.32. The fourth-order valence-corrected chi connectivity index (χ4v) is 2.46. The molecular weight excluding hydrogens is 340 g/mol. The summed E-state index contributed by atoms with van der Waals surface area (Å²) in [7, 11) is 2.29. The Morgan fingerprint density at radius 3 is 2.54 bits per heavy atom. The minimum atomic E-state index is -0.720. The van der Waals surface area contributed by atoms with E-state index in [1.165, 1.54) is 13.2 Å². The zero-order valence-corrected chi connectivity index (χ0v) is 15.2. The van der Waals surface area contributed by atoms with Gasteiger partial charge in [-0.3, -0.25) is 4.79 Å². The third-order valence-corrected chi connectivity index (χ3v) is 4.02. The van der Waals surface area contributed by atoms with Gasteiger partial charge in [0, 0.05) is 18.9 Å². The fourth-order valence-electron chi connectivity index (χ4n) is 2.46. The average molecular weight is 364 g/mol. The lowest BCUT2D eigenvalue weighted by Crippen LogP contribution is -2.29. The maximum atomic E-state index is 12.2. The van der Waals surface area contributed by atoms with E-state index in [4.69, 9.17) is 9.84 Å². The molecule has 0 radical (unpaired) electrons. The SMILES string of the molecule is CO.COC(=O)c1cccc(COC(=O)C2=C[C@](C)(CO)CCC2=O)c1. The Bertz CT molecular complexity index is 693. The van der Waals surface area contributed by atoms with Crippen LogP contribution in [0.15, 0.2) is 35.9 Å². The quantitative estimate of drug-likeness (QED) is 0.600. The van der Waals surface area contributed by atoms with Crippen LogP contribution in [0.5, 0.6) is 0 Å². The highest BCUT2D eigenvalue weighted by atomic mass is 16.5. The van der Waals surface area contributed by atoms with E-state index >= 15 is 0 Å². The maximum Gasteiger partial charge on any atom is 0.341 e. The lowest BCUT2D eigenvalue weighted by atomic mass is 9.78. The van der Waals surface area contributed by atoms with Gasteiger partial charge in [0.15, 0.2) is 5.78 Å². The molecule has 0 saturated heterocycles. The molecule has 1 aliphatic carbocycles. The van der Waals surface area contributed by atoms with Gasteiger partial charge < -0.3 is 19.7 Å². The Kier molecular flexibility index (Phi) is 8.15. The smallest absolute Gasteiger partial charge is 0.341 e. The number of ether oxygens (including phenoxy) is 2. The van der Waals surface area contributed by atoms with Crippen LogP contribution in [0.2, 0.25) is 0 Å². The van der Waals surface area contributed by atoms with Gasteiger partial charge in [0.05, 0.1) is 24.9 Å². The zero-order chi connectivity index (χ0) is 19.7. The second-order valence-electron chi connectivity index (χ2n) is 6.06.